The van der Waals surface area contributed by atoms with Crippen LogP contribution in [0.15, 0.2) is 36.5 Å². The summed E-state index contributed by atoms with van der Waals surface area (Å²) >= 11 is 12.2. The summed E-state index contributed by atoms with van der Waals surface area (Å²) in [6.07, 6.45) is 1.60. The molecule has 0 aliphatic heterocycles. The van der Waals surface area contributed by atoms with E-state index in [1.807, 2.05) is 0 Å². The van der Waals surface area contributed by atoms with Gasteiger partial charge < -0.3 is 4.74 Å². The highest BCUT2D eigenvalue weighted by Crippen LogP contribution is 2.29. The first-order chi connectivity index (χ1) is 10.1. The third-order valence-electron chi connectivity index (χ3n) is 2.99. The Labute approximate surface area is 130 Å². The highest BCUT2D eigenvalue weighted by atomic mass is 35.5. The number of carbonyl (C=O) groups excluding carboxylic acids is 1. The number of methoxy groups -OCH3 is 1. The second kappa shape index (κ2) is 5.35. The Balaban J connectivity index is 2.23. The molecule has 0 bridgehead atoms. The fourth-order valence-corrected chi connectivity index (χ4v) is 2.36. The van der Waals surface area contributed by atoms with E-state index in [0.717, 1.165) is 0 Å². The number of nitrogens with zero attached hydrogens (tertiary/aromatic N) is 3. The first-order valence-corrected chi connectivity index (χ1v) is 6.74. The molecule has 3 aromatic rings. The molecule has 2 aromatic heterocycles. The number of fused-ring (bicyclic) bond motifs is 1. The molecule has 2 heterocycles. The van der Waals surface area contributed by atoms with Gasteiger partial charge in [0, 0.05) is 16.8 Å². The number of rotatable bonds is 2. The maximum Gasteiger partial charge on any atom is 0.339 e. The molecular weight excluding hydrogens is 313 g/mol. The third kappa shape index (κ3) is 2.46. The molecular formula is C14H9Cl2N3O2. The monoisotopic (exact) mass is 321 g/mol. The summed E-state index contributed by atoms with van der Waals surface area (Å²) in [5.74, 6) is 0.0667. The maximum atomic E-state index is 11.6. The van der Waals surface area contributed by atoms with Crippen LogP contribution < -0.4 is 0 Å². The van der Waals surface area contributed by atoms with Gasteiger partial charge in [-0.15, -0.1) is 10.2 Å². The summed E-state index contributed by atoms with van der Waals surface area (Å²) < 4.78 is 6.38. The van der Waals surface area contributed by atoms with Crippen molar-refractivity contribution >= 4 is 34.8 Å². The molecule has 0 fully saturated rings. The van der Waals surface area contributed by atoms with Crippen LogP contribution in [0, 0.1) is 0 Å². The lowest BCUT2D eigenvalue weighted by Gasteiger charge is -2.05. The van der Waals surface area contributed by atoms with E-state index >= 15 is 0 Å². The summed E-state index contributed by atoms with van der Waals surface area (Å²) in [4.78, 5) is 11.6. The van der Waals surface area contributed by atoms with Crippen molar-refractivity contribution in [2.24, 2.45) is 0 Å². The van der Waals surface area contributed by atoms with Crippen LogP contribution in [0.5, 0.6) is 0 Å². The van der Waals surface area contributed by atoms with Crippen LogP contribution >= 0.6 is 23.2 Å². The van der Waals surface area contributed by atoms with Crippen molar-refractivity contribution in [1.29, 1.82) is 0 Å². The standard InChI is InChI=1S/C14H9Cl2N3O2/c1-21-14(20)8-2-5-12-17-18-13(19(12)7-8)10-6-9(15)3-4-11(10)16/h2-7H,1H3. The largest absolute Gasteiger partial charge is 0.465 e. The molecule has 0 aliphatic rings. The van der Waals surface area contributed by atoms with E-state index in [1.54, 1.807) is 40.9 Å². The molecule has 0 amide bonds. The van der Waals surface area contributed by atoms with Crippen LogP contribution in [0.3, 0.4) is 0 Å². The molecule has 0 N–H and O–H groups in total. The predicted molar refractivity (Wildman–Crippen MR) is 79.8 cm³/mol. The number of aromatic nitrogens is 3. The van der Waals surface area contributed by atoms with Gasteiger partial charge in [-0.05, 0) is 30.3 Å². The Morgan fingerprint density at radius 3 is 2.76 bits per heavy atom. The van der Waals surface area contributed by atoms with Gasteiger partial charge in [0.15, 0.2) is 11.5 Å². The Morgan fingerprint density at radius 2 is 2.00 bits per heavy atom. The molecule has 0 atom stereocenters. The Morgan fingerprint density at radius 1 is 1.19 bits per heavy atom. The molecule has 0 radical (unpaired) electrons. The van der Waals surface area contributed by atoms with E-state index in [4.69, 9.17) is 27.9 Å². The molecule has 5 nitrogen and oxygen atoms in total. The normalized spacial score (nSPS) is 10.8. The fraction of sp³-hybridized carbons (Fsp3) is 0.0714. The fourth-order valence-electron chi connectivity index (χ4n) is 1.98. The first kappa shape index (κ1) is 13.9. The SMILES string of the molecule is COC(=O)c1ccc2nnc(-c3cc(Cl)ccc3Cl)n2c1. The summed E-state index contributed by atoms with van der Waals surface area (Å²) in [5, 5.41) is 9.20. The van der Waals surface area contributed by atoms with Crippen LogP contribution in [0.25, 0.3) is 17.0 Å². The van der Waals surface area contributed by atoms with E-state index in [0.29, 0.717) is 32.6 Å². The quantitative estimate of drug-likeness (QED) is 0.678. The zero-order valence-corrected chi connectivity index (χ0v) is 12.4. The first-order valence-electron chi connectivity index (χ1n) is 5.98. The number of benzene rings is 1. The van der Waals surface area contributed by atoms with Crippen molar-refractivity contribution in [3.05, 3.63) is 52.1 Å². The van der Waals surface area contributed by atoms with Crippen molar-refractivity contribution in [3.8, 4) is 11.4 Å². The molecule has 21 heavy (non-hydrogen) atoms. The van der Waals surface area contributed by atoms with Crippen LogP contribution in [0.2, 0.25) is 10.0 Å². The smallest absolute Gasteiger partial charge is 0.339 e. The van der Waals surface area contributed by atoms with Gasteiger partial charge in [0.1, 0.15) is 0 Å². The maximum absolute atomic E-state index is 11.6. The molecule has 106 valence electrons. The number of esters is 1. The van der Waals surface area contributed by atoms with Gasteiger partial charge >= 0.3 is 5.97 Å². The van der Waals surface area contributed by atoms with Crippen LogP contribution in [-0.4, -0.2) is 27.7 Å². The second-order valence-electron chi connectivity index (χ2n) is 4.29. The number of pyridine rings is 1. The lowest BCUT2D eigenvalue weighted by Crippen LogP contribution is -2.03. The molecule has 0 saturated heterocycles. The molecule has 7 heteroatoms. The lowest BCUT2D eigenvalue weighted by molar-refractivity contribution is 0.0600. The highest BCUT2D eigenvalue weighted by Gasteiger charge is 2.14. The zero-order valence-electron chi connectivity index (χ0n) is 10.9. The van der Waals surface area contributed by atoms with Crippen molar-refractivity contribution in [3.63, 3.8) is 0 Å². The Kier molecular flexibility index (Phi) is 3.53. The van der Waals surface area contributed by atoms with Crippen LogP contribution in [0.4, 0.5) is 0 Å². The van der Waals surface area contributed by atoms with E-state index in [-0.39, 0.29) is 0 Å². The highest BCUT2D eigenvalue weighted by molar-refractivity contribution is 6.35. The van der Waals surface area contributed by atoms with Crippen LogP contribution in [0.1, 0.15) is 10.4 Å². The summed E-state index contributed by atoms with van der Waals surface area (Å²) in [5.41, 5.74) is 1.62. The second-order valence-corrected chi connectivity index (χ2v) is 5.13. The van der Waals surface area contributed by atoms with Crippen molar-refractivity contribution in [2.75, 3.05) is 7.11 Å². The average molecular weight is 322 g/mol. The van der Waals surface area contributed by atoms with Crippen molar-refractivity contribution in [1.82, 2.24) is 14.6 Å². The summed E-state index contributed by atoms with van der Waals surface area (Å²) in [6, 6.07) is 8.38. The minimum atomic E-state index is -0.436. The average Bonchev–Trinajstić information content (AvgIpc) is 2.91. The minimum absolute atomic E-state index is 0.393. The molecule has 1 aromatic carbocycles. The van der Waals surface area contributed by atoms with Gasteiger partial charge in [-0.1, -0.05) is 23.2 Å². The van der Waals surface area contributed by atoms with Crippen molar-refractivity contribution < 1.29 is 9.53 Å². The summed E-state index contributed by atoms with van der Waals surface area (Å²) in [6.45, 7) is 0. The van der Waals surface area contributed by atoms with Gasteiger partial charge in [0.2, 0.25) is 0 Å². The third-order valence-corrected chi connectivity index (χ3v) is 3.56. The molecule has 0 unspecified atom stereocenters. The van der Waals surface area contributed by atoms with Gasteiger partial charge in [-0.25, -0.2) is 4.79 Å². The summed E-state index contributed by atoms with van der Waals surface area (Å²) in [7, 11) is 1.33. The van der Waals surface area contributed by atoms with Gasteiger partial charge in [-0.3, -0.25) is 4.40 Å². The lowest BCUT2D eigenvalue weighted by atomic mass is 10.2. The zero-order chi connectivity index (χ0) is 15.0. The molecule has 3 rings (SSSR count). The number of hydrogen-bond acceptors (Lipinski definition) is 4. The number of ether oxygens (including phenoxy) is 1. The molecule has 0 aliphatic carbocycles. The van der Waals surface area contributed by atoms with E-state index in [1.165, 1.54) is 7.11 Å². The number of halogens is 2. The molecule has 0 spiro atoms. The number of carbonyl (C=O) groups is 1. The Bertz CT molecular complexity index is 845. The van der Waals surface area contributed by atoms with E-state index < -0.39 is 5.97 Å². The Hall–Kier alpha value is -2.11. The minimum Gasteiger partial charge on any atom is -0.465 e. The topological polar surface area (TPSA) is 56.5 Å². The van der Waals surface area contributed by atoms with E-state index in [9.17, 15) is 4.79 Å². The van der Waals surface area contributed by atoms with Gasteiger partial charge in [-0.2, -0.15) is 0 Å². The van der Waals surface area contributed by atoms with Crippen molar-refractivity contribution in [2.45, 2.75) is 0 Å². The van der Waals surface area contributed by atoms with Gasteiger partial charge in [0.05, 0.1) is 17.7 Å². The van der Waals surface area contributed by atoms with Crippen LogP contribution in [-0.2, 0) is 4.74 Å². The van der Waals surface area contributed by atoms with Gasteiger partial charge in [0.25, 0.3) is 0 Å². The number of hydrogen-bond donors (Lipinski definition) is 0. The van der Waals surface area contributed by atoms with E-state index in [2.05, 4.69) is 10.2 Å². The molecule has 0 saturated carbocycles. The predicted octanol–water partition coefficient (Wildman–Crippen LogP) is 3.49.